The number of halogens is 2. The highest BCUT2D eigenvalue weighted by Gasteiger charge is 2.18. The second kappa shape index (κ2) is 10.9. The van der Waals surface area contributed by atoms with E-state index >= 15 is 0 Å². The van der Waals surface area contributed by atoms with Crippen molar-refractivity contribution in [3.05, 3.63) is 125 Å². The Bertz CT molecular complexity index is 1030. The highest BCUT2D eigenvalue weighted by atomic mass is 35.5. The summed E-state index contributed by atoms with van der Waals surface area (Å²) in [5.74, 6) is 0.897. The Morgan fingerprint density at radius 1 is 0.933 bits per heavy atom. The zero-order chi connectivity index (χ0) is 21.3. The van der Waals surface area contributed by atoms with Gasteiger partial charge in [-0.25, -0.2) is 4.98 Å². The molecule has 0 saturated heterocycles. The van der Waals surface area contributed by atoms with E-state index in [0.717, 1.165) is 11.4 Å². The first kappa shape index (κ1) is 22.0. The Labute approximate surface area is 188 Å². The minimum Gasteiger partial charge on any atom is -0.348 e. The van der Waals surface area contributed by atoms with Crippen LogP contribution in [0.5, 0.6) is 0 Å². The lowest BCUT2D eigenvalue weighted by molar-refractivity contribution is 1.03. The quantitative estimate of drug-likeness (QED) is 0.401. The van der Waals surface area contributed by atoms with Crippen molar-refractivity contribution < 1.29 is 0 Å². The number of benzene rings is 3. The molecule has 0 bridgehead atoms. The summed E-state index contributed by atoms with van der Waals surface area (Å²) in [6, 6.07) is 26.5. The van der Waals surface area contributed by atoms with Crippen molar-refractivity contribution in [3.63, 3.8) is 0 Å². The molecule has 0 aliphatic rings. The Hall–Kier alpha value is -2.75. The average molecular weight is 433 g/mol. The van der Waals surface area contributed by atoms with Gasteiger partial charge in [0.05, 0.1) is 0 Å². The number of imidazole rings is 1. The maximum absolute atomic E-state index is 6.02. The average Bonchev–Trinajstić information content (AvgIpc) is 3.25. The smallest absolute Gasteiger partial charge is 0.236 e. The molecule has 0 aliphatic heterocycles. The largest absolute Gasteiger partial charge is 0.348 e. The van der Waals surface area contributed by atoms with E-state index in [1.54, 1.807) is 18.5 Å². The fourth-order valence-electron chi connectivity index (χ4n) is 3.29. The van der Waals surface area contributed by atoms with Crippen molar-refractivity contribution in [2.45, 2.75) is 13.3 Å². The number of aromatic nitrogens is 2. The van der Waals surface area contributed by atoms with Gasteiger partial charge >= 0.3 is 0 Å². The molecule has 4 rings (SSSR count). The molecule has 0 saturated carbocycles. The predicted octanol–water partition coefficient (Wildman–Crippen LogP) is 5.72. The van der Waals surface area contributed by atoms with E-state index in [0.29, 0.717) is 23.2 Å². The second-order valence-corrected chi connectivity index (χ2v) is 7.89. The highest BCUT2D eigenvalue weighted by molar-refractivity contribution is 6.90. The molecule has 4 aromatic rings. The minimum atomic E-state index is 0.308. The van der Waals surface area contributed by atoms with Gasteiger partial charge in [0.2, 0.25) is 6.71 Å². The van der Waals surface area contributed by atoms with E-state index in [-0.39, 0.29) is 0 Å². The van der Waals surface area contributed by atoms with Crippen molar-refractivity contribution in [2.75, 3.05) is 0 Å². The SMILES string of the molecule is C=C(C)B(c1ccccc1)c1ccccc1.Clc1ccc(Cc2ncc[nH]2)c(Cl)c1. The van der Waals surface area contributed by atoms with Crippen molar-refractivity contribution in [2.24, 2.45) is 0 Å². The van der Waals surface area contributed by atoms with Gasteiger partial charge in [-0.05, 0) is 17.7 Å². The van der Waals surface area contributed by atoms with E-state index in [4.69, 9.17) is 23.2 Å². The number of rotatable bonds is 5. The number of allylic oxidation sites excluding steroid dienone is 1. The molecule has 0 radical (unpaired) electrons. The molecule has 0 unspecified atom stereocenters. The molecule has 1 heterocycles. The molecule has 150 valence electrons. The van der Waals surface area contributed by atoms with E-state index in [1.807, 2.05) is 24.3 Å². The van der Waals surface area contributed by atoms with Gasteiger partial charge in [0.1, 0.15) is 5.82 Å². The van der Waals surface area contributed by atoms with E-state index in [2.05, 4.69) is 72.0 Å². The third kappa shape index (κ3) is 6.12. The van der Waals surface area contributed by atoms with E-state index < -0.39 is 0 Å². The Morgan fingerprint density at radius 2 is 1.53 bits per heavy atom. The van der Waals surface area contributed by atoms with Crippen LogP contribution < -0.4 is 10.9 Å². The molecule has 1 N–H and O–H groups in total. The molecule has 5 heteroatoms. The van der Waals surface area contributed by atoms with Crippen molar-refractivity contribution in [3.8, 4) is 0 Å². The lowest BCUT2D eigenvalue weighted by Gasteiger charge is -2.14. The maximum atomic E-state index is 6.02. The summed E-state index contributed by atoms with van der Waals surface area (Å²) in [6.45, 7) is 6.50. The Morgan fingerprint density at radius 3 is 2.00 bits per heavy atom. The summed E-state index contributed by atoms with van der Waals surface area (Å²) in [5.41, 5.74) is 4.81. The van der Waals surface area contributed by atoms with E-state index in [9.17, 15) is 0 Å². The zero-order valence-electron chi connectivity index (χ0n) is 16.9. The van der Waals surface area contributed by atoms with Crippen LogP contribution in [0.15, 0.2) is 103 Å². The van der Waals surface area contributed by atoms with Gasteiger partial charge in [-0.1, -0.05) is 108 Å². The molecule has 0 atom stereocenters. The Balaban J connectivity index is 0.000000172. The van der Waals surface area contributed by atoms with Gasteiger partial charge in [-0.2, -0.15) is 0 Å². The first-order chi connectivity index (χ1) is 14.5. The van der Waals surface area contributed by atoms with Crippen LogP contribution in [-0.4, -0.2) is 16.7 Å². The molecule has 0 amide bonds. The number of nitrogens with zero attached hydrogens (tertiary/aromatic N) is 1. The molecule has 3 aromatic carbocycles. The van der Waals surface area contributed by atoms with Crippen LogP contribution in [0.2, 0.25) is 10.0 Å². The van der Waals surface area contributed by atoms with Crippen molar-refractivity contribution >= 4 is 40.8 Å². The van der Waals surface area contributed by atoms with E-state index in [1.165, 1.54) is 16.4 Å². The fourth-order valence-corrected chi connectivity index (χ4v) is 3.77. The second-order valence-electron chi connectivity index (χ2n) is 7.05. The lowest BCUT2D eigenvalue weighted by atomic mass is 9.37. The number of aromatic amines is 1. The van der Waals surface area contributed by atoms with Gasteiger partial charge < -0.3 is 4.98 Å². The summed E-state index contributed by atoms with van der Waals surface area (Å²) in [4.78, 5) is 7.15. The molecule has 0 fully saturated rings. The topological polar surface area (TPSA) is 28.7 Å². The van der Waals surface area contributed by atoms with Gasteiger partial charge in [0.25, 0.3) is 0 Å². The number of nitrogens with one attached hydrogen (secondary N) is 1. The van der Waals surface area contributed by atoms with Crippen molar-refractivity contribution in [1.82, 2.24) is 9.97 Å². The first-order valence-electron chi connectivity index (χ1n) is 9.72. The molecule has 0 aliphatic carbocycles. The summed E-state index contributed by atoms with van der Waals surface area (Å²) in [5, 5.41) is 1.33. The summed E-state index contributed by atoms with van der Waals surface area (Å²) in [7, 11) is 0. The van der Waals surface area contributed by atoms with Gasteiger partial charge in [-0.15, -0.1) is 12.1 Å². The molecular weight excluding hydrogens is 410 g/mol. The summed E-state index contributed by atoms with van der Waals surface area (Å²) < 4.78 is 0. The molecule has 1 aromatic heterocycles. The maximum Gasteiger partial charge on any atom is 0.236 e. The number of hydrogen-bond donors (Lipinski definition) is 1. The summed E-state index contributed by atoms with van der Waals surface area (Å²) in [6.07, 6.45) is 4.21. The van der Waals surface area contributed by atoms with Gasteiger partial charge in [0, 0.05) is 28.9 Å². The lowest BCUT2D eigenvalue weighted by Crippen LogP contribution is -2.43. The molecular formula is C25H23BCl2N2. The number of hydrogen-bond acceptors (Lipinski definition) is 1. The van der Waals surface area contributed by atoms with Crippen molar-refractivity contribution in [1.29, 1.82) is 0 Å². The van der Waals surface area contributed by atoms with Crippen LogP contribution in [0.1, 0.15) is 18.3 Å². The van der Waals surface area contributed by atoms with Crippen LogP contribution in [0, 0.1) is 0 Å². The third-order valence-electron chi connectivity index (χ3n) is 4.69. The third-order valence-corrected chi connectivity index (χ3v) is 5.27. The molecule has 0 spiro atoms. The van der Waals surface area contributed by atoms with Crippen LogP contribution in [0.25, 0.3) is 0 Å². The highest BCUT2D eigenvalue weighted by Crippen LogP contribution is 2.22. The van der Waals surface area contributed by atoms with Crippen LogP contribution in [0.4, 0.5) is 0 Å². The first-order valence-corrected chi connectivity index (χ1v) is 10.5. The van der Waals surface area contributed by atoms with Crippen LogP contribution >= 0.6 is 23.2 Å². The summed E-state index contributed by atoms with van der Waals surface area (Å²) >= 11 is 11.8. The molecule has 30 heavy (non-hydrogen) atoms. The zero-order valence-corrected chi connectivity index (χ0v) is 18.4. The Kier molecular flexibility index (Phi) is 7.95. The monoisotopic (exact) mass is 432 g/mol. The predicted molar refractivity (Wildman–Crippen MR) is 131 cm³/mol. The minimum absolute atomic E-state index is 0.308. The molecule has 2 nitrogen and oxygen atoms in total. The number of H-pyrrole nitrogens is 1. The van der Waals surface area contributed by atoms with Crippen LogP contribution in [-0.2, 0) is 6.42 Å². The normalized spacial score (nSPS) is 10.1. The van der Waals surface area contributed by atoms with Gasteiger partial charge in [0.15, 0.2) is 0 Å². The van der Waals surface area contributed by atoms with Crippen LogP contribution in [0.3, 0.4) is 0 Å². The standard InChI is InChI=1S/C15H15B.C10H8Cl2N2/c1-13(2)16(14-9-5-3-6-10-14)15-11-7-4-8-12-15;11-8-2-1-7(9(12)6-8)5-10-13-3-4-14-10/h3-12H,1H2,2H3;1-4,6H,5H2,(H,13,14). The fraction of sp³-hybridized carbons (Fsp3) is 0.0800. The van der Waals surface area contributed by atoms with Gasteiger partial charge in [-0.3, -0.25) is 0 Å².